The van der Waals surface area contributed by atoms with Crippen LogP contribution in [0.3, 0.4) is 0 Å². The van der Waals surface area contributed by atoms with Gasteiger partial charge >= 0.3 is 0 Å². The van der Waals surface area contributed by atoms with Gasteiger partial charge in [0.25, 0.3) is 0 Å². The summed E-state index contributed by atoms with van der Waals surface area (Å²) in [7, 11) is 0. The van der Waals surface area contributed by atoms with Gasteiger partial charge in [-0.1, -0.05) is 126 Å². The fraction of sp³-hybridized carbons (Fsp3) is 0.138. The Morgan fingerprint density at radius 3 is 1.28 bits per heavy atom. The molecule has 0 aliphatic heterocycles. The summed E-state index contributed by atoms with van der Waals surface area (Å²) in [6.07, 6.45) is 0. The van der Waals surface area contributed by atoms with E-state index in [-0.39, 0.29) is 10.8 Å². The molecule has 9 aromatic carbocycles. The Morgan fingerprint density at radius 2 is 0.721 bits per heavy atom. The number of hydrogen-bond donors (Lipinski definition) is 0. The minimum absolute atomic E-state index is 0.0217. The van der Waals surface area contributed by atoms with Gasteiger partial charge in [0.15, 0.2) is 0 Å². The van der Waals surface area contributed by atoms with Crippen LogP contribution in [0.5, 0.6) is 0 Å². The van der Waals surface area contributed by atoms with E-state index in [2.05, 4.69) is 219 Å². The molecule has 4 heterocycles. The number of fused-ring (bicyclic) bond motifs is 14. The minimum Gasteiger partial charge on any atom is -0.308 e. The van der Waals surface area contributed by atoms with Crippen LogP contribution in [0.2, 0.25) is 0 Å². The second-order valence-electron chi connectivity index (χ2n) is 19.5. The normalized spacial score (nSPS) is 13.1. The van der Waals surface area contributed by atoms with E-state index in [1.165, 1.54) is 115 Å². The van der Waals surface area contributed by atoms with E-state index >= 15 is 0 Å². The lowest BCUT2D eigenvalue weighted by Crippen LogP contribution is -2.11. The van der Waals surface area contributed by atoms with Gasteiger partial charge in [-0.15, -0.1) is 0 Å². The highest BCUT2D eigenvalue weighted by Gasteiger charge is 2.29. The van der Waals surface area contributed by atoms with Crippen molar-refractivity contribution in [1.29, 1.82) is 0 Å². The molecule has 0 unspecified atom stereocenters. The number of para-hydroxylation sites is 2. The predicted molar refractivity (Wildman–Crippen MR) is 263 cm³/mol. The molecule has 0 bridgehead atoms. The monoisotopic (exact) mass is 783 g/mol. The first-order chi connectivity index (χ1) is 29.5. The molecule has 0 radical (unpaired) electrons. The van der Waals surface area contributed by atoms with Crippen LogP contribution in [-0.2, 0) is 10.8 Å². The zero-order valence-corrected chi connectivity index (χ0v) is 35.4. The zero-order chi connectivity index (χ0) is 41.1. The molecule has 0 saturated carbocycles. The van der Waals surface area contributed by atoms with Crippen LogP contribution >= 0.6 is 0 Å². The highest BCUT2D eigenvalue weighted by molar-refractivity contribution is 6.32. The SMILES string of the molecule is CC(C)(C)c1cc2c3cc4ccccc4cc3n3c4cc5c6cc(C(C)(C)C)cc7c8cc9ccccc9c(N(c9ccccc9)c9ccccc9)c8n(c5cc4c(c1)c23)c67. The molecule has 0 saturated heterocycles. The Kier molecular flexibility index (Phi) is 6.72. The summed E-state index contributed by atoms with van der Waals surface area (Å²) < 4.78 is 5.21. The molecule has 0 amide bonds. The maximum absolute atomic E-state index is 2.63. The van der Waals surface area contributed by atoms with Crippen molar-refractivity contribution < 1.29 is 0 Å². The first-order valence-corrected chi connectivity index (χ1v) is 21.7. The van der Waals surface area contributed by atoms with Gasteiger partial charge in [0, 0.05) is 59.9 Å². The average molecular weight is 784 g/mol. The second kappa shape index (κ2) is 11.8. The topological polar surface area (TPSA) is 12.1 Å². The third-order valence-electron chi connectivity index (χ3n) is 13.7. The van der Waals surface area contributed by atoms with E-state index in [0.29, 0.717) is 0 Å². The first kappa shape index (κ1) is 34.7. The van der Waals surface area contributed by atoms with Gasteiger partial charge in [-0.25, -0.2) is 0 Å². The van der Waals surface area contributed by atoms with Crippen LogP contribution in [-0.4, -0.2) is 8.80 Å². The Morgan fingerprint density at radius 1 is 0.328 bits per heavy atom. The van der Waals surface area contributed by atoms with Crippen LogP contribution in [0, 0.1) is 0 Å². The molecule has 4 aromatic heterocycles. The van der Waals surface area contributed by atoms with Crippen molar-refractivity contribution in [2.75, 3.05) is 4.90 Å². The van der Waals surface area contributed by atoms with Crippen molar-refractivity contribution in [3.05, 3.63) is 175 Å². The lowest BCUT2D eigenvalue weighted by Gasteiger charge is -2.28. The number of benzene rings is 9. The first-order valence-electron chi connectivity index (χ1n) is 21.7. The van der Waals surface area contributed by atoms with Crippen LogP contribution in [0.15, 0.2) is 164 Å². The van der Waals surface area contributed by atoms with Crippen molar-refractivity contribution in [3.63, 3.8) is 0 Å². The van der Waals surface area contributed by atoms with E-state index in [4.69, 9.17) is 0 Å². The molecule has 0 N–H and O–H groups in total. The largest absolute Gasteiger partial charge is 0.308 e. The summed E-state index contributed by atoms with van der Waals surface area (Å²) in [6, 6.07) is 61.9. The van der Waals surface area contributed by atoms with Crippen LogP contribution in [0.25, 0.3) is 97.7 Å². The number of aromatic nitrogens is 2. The molecule has 3 heteroatoms. The van der Waals surface area contributed by atoms with Crippen molar-refractivity contribution in [2.45, 2.75) is 52.4 Å². The Balaban J connectivity index is 1.28. The predicted octanol–water partition coefficient (Wildman–Crippen LogP) is 16.4. The molecular weight excluding hydrogens is 739 g/mol. The molecule has 13 aromatic rings. The van der Waals surface area contributed by atoms with Crippen molar-refractivity contribution in [2.24, 2.45) is 0 Å². The second-order valence-corrected chi connectivity index (χ2v) is 19.5. The summed E-state index contributed by atoms with van der Waals surface area (Å²) in [5.41, 5.74) is 13.7. The van der Waals surface area contributed by atoms with Gasteiger partial charge in [-0.3, -0.25) is 0 Å². The zero-order valence-electron chi connectivity index (χ0n) is 35.4. The van der Waals surface area contributed by atoms with Crippen LogP contribution < -0.4 is 4.90 Å². The van der Waals surface area contributed by atoms with Crippen LogP contribution in [0.4, 0.5) is 17.1 Å². The molecule has 292 valence electrons. The highest BCUT2D eigenvalue weighted by Crippen LogP contribution is 2.51. The quantitative estimate of drug-likeness (QED) is 0.174. The fourth-order valence-electron chi connectivity index (χ4n) is 10.7. The third-order valence-corrected chi connectivity index (χ3v) is 13.7. The van der Waals surface area contributed by atoms with Gasteiger partial charge in [-0.05, 0) is 117 Å². The summed E-state index contributed by atoms with van der Waals surface area (Å²) in [6.45, 7) is 14.1. The number of nitrogens with zero attached hydrogens (tertiary/aromatic N) is 3. The molecule has 0 aliphatic carbocycles. The Hall–Kier alpha value is -7.10. The van der Waals surface area contributed by atoms with E-state index in [1.54, 1.807) is 0 Å². The van der Waals surface area contributed by atoms with Crippen LogP contribution in [0.1, 0.15) is 52.7 Å². The van der Waals surface area contributed by atoms with Crippen molar-refractivity contribution >= 4 is 115 Å². The lowest BCUT2D eigenvalue weighted by atomic mass is 9.85. The van der Waals surface area contributed by atoms with E-state index in [1.807, 2.05) is 0 Å². The molecule has 0 spiro atoms. The third kappa shape index (κ3) is 4.69. The number of rotatable bonds is 3. The van der Waals surface area contributed by atoms with Gasteiger partial charge in [0.05, 0.1) is 38.8 Å². The van der Waals surface area contributed by atoms with E-state index < -0.39 is 0 Å². The fourth-order valence-corrected chi connectivity index (χ4v) is 10.7. The van der Waals surface area contributed by atoms with Crippen molar-refractivity contribution in [1.82, 2.24) is 8.80 Å². The molecule has 61 heavy (non-hydrogen) atoms. The van der Waals surface area contributed by atoms with Gasteiger partial charge < -0.3 is 13.7 Å². The smallest absolute Gasteiger partial charge is 0.0789 e. The summed E-state index contributed by atoms with van der Waals surface area (Å²) >= 11 is 0. The lowest BCUT2D eigenvalue weighted by molar-refractivity contribution is 0.591. The summed E-state index contributed by atoms with van der Waals surface area (Å²) in [5, 5.41) is 15.5. The minimum atomic E-state index is -0.0537. The molecule has 0 aliphatic rings. The Bertz CT molecular complexity index is 3890. The van der Waals surface area contributed by atoms with Gasteiger partial charge in [-0.2, -0.15) is 0 Å². The van der Waals surface area contributed by atoms with Gasteiger partial charge in [0.2, 0.25) is 0 Å². The number of anilines is 3. The van der Waals surface area contributed by atoms with Gasteiger partial charge in [0.1, 0.15) is 0 Å². The molecule has 0 fully saturated rings. The number of hydrogen-bond acceptors (Lipinski definition) is 1. The average Bonchev–Trinajstić information content (AvgIpc) is 3.97. The molecule has 13 rings (SSSR count). The standard InChI is InChI=1S/C58H45N3/c1-57(2,3)37-28-46-42-25-34-17-13-14-18-35(34)27-50(42)60-51-32-44-48-30-38(58(4,5)6)31-49-45-26-36-19-15-16-24-41(36)55(59(39-20-9-7-10-21-39)40-22-11-8-12-23-40)56(45)61(54(48)49)52(44)33-43(51)47(29-37)53(46)60/h7-33H,1-6H3. The highest BCUT2D eigenvalue weighted by atomic mass is 15.2. The van der Waals surface area contributed by atoms with E-state index in [9.17, 15) is 0 Å². The van der Waals surface area contributed by atoms with Crippen molar-refractivity contribution in [3.8, 4) is 0 Å². The maximum atomic E-state index is 2.63. The summed E-state index contributed by atoms with van der Waals surface area (Å²) in [5.74, 6) is 0. The Labute approximate surface area is 354 Å². The maximum Gasteiger partial charge on any atom is 0.0789 e. The molecule has 0 atom stereocenters. The van der Waals surface area contributed by atoms with E-state index in [0.717, 1.165) is 11.4 Å². The molecule has 3 nitrogen and oxygen atoms in total. The summed E-state index contributed by atoms with van der Waals surface area (Å²) in [4.78, 5) is 2.49. The molecular formula is C58H45N3.